The van der Waals surface area contributed by atoms with Gasteiger partial charge in [-0.05, 0) is 42.4 Å². The van der Waals surface area contributed by atoms with Gasteiger partial charge in [0.2, 0.25) is 0 Å². The topological polar surface area (TPSA) is 54.5 Å². The van der Waals surface area contributed by atoms with E-state index in [9.17, 15) is 0 Å². The minimum absolute atomic E-state index is 0.680. The van der Waals surface area contributed by atoms with E-state index >= 15 is 0 Å². The van der Waals surface area contributed by atoms with Gasteiger partial charge in [-0.2, -0.15) is 5.26 Å². The molecular weight excluding hydrogens is 220 g/mol. The van der Waals surface area contributed by atoms with E-state index < -0.39 is 0 Å². The quantitative estimate of drug-likeness (QED) is 0.793. The zero-order chi connectivity index (χ0) is 11.5. The van der Waals surface area contributed by atoms with Crippen molar-refractivity contribution in [3.05, 3.63) is 35.7 Å². The minimum atomic E-state index is 0.680. The first-order valence-corrected chi connectivity index (χ1v) is 5.55. The summed E-state index contributed by atoms with van der Waals surface area (Å²) in [6.07, 6.45) is 1.67. The van der Waals surface area contributed by atoms with E-state index in [0.29, 0.717) is 5.56 Å². The molecule has 0 saturated heterocycles. The molecule has 0 fully saturated rings. The van der Waals surface area contributed by atoms with Crippen molar-refractivity contribution in [2.24, 2.45) is 7.05 Å². The number of nitriles is 1. The number of hydrogen-bond donors (Lipinski definition) is 0. The van der Waals surface area contributed by atoms with Crippen LogP contribution in [-0.2, 0) is 7.05 Å². The number of nitrogens with zero attached hydrogens (tertiary/aromatic N) is 4. The Morgan fingerprint density at radius 3 is 2.81 bits per heavy atom. The molecule has 0 spiro atoms. The lowest BCUT2D eigenvalue weighted by atomic mass is 10.2. The summed E-state index contributed by atoms with van der Waals surface area (Å²) < 4.78 is 1.86. The normalized spacial score (nSPS) is 10.1. The lowest BCUT2D eigenvalue weighted by Gasteiger charge is -2.04. The maximum absolute atomic E-state index is 8.77. The molecule has 1 aromatic carbocycles. The largest absolute Gasteiger partial charge is 0.311 e. The molecule has 0 N–H and O–H groups in total. The SMILES string of the molecule is Cc1cc(C#N)ccc1Sc1nncn1C. The minimum Gasteiger partial charge on any atom is -0.311 e. The van der Waals surface area contributed by atoms with Crippen LogP contribution in [0.25, 0.3) is 0 Å². The lowest BCUT2D eigenvalue weighted by molar-refractivity contribution is 0.788. The summed E-state index contributed by atoms with van der Waals surface area (Å²) in [5.41, 5.74) is 1.76. The highest BCUT2D eigenvalue weighted by Crippen LogP contribution is 2.28. The highest BCUT2D eigenvalue weighted by atomic mass is 32.2. The van der Waals surface area contributed by atoms with Gasteiger partial charge in [0.05, 0.1) is 11.6 Å². The average molecular weight is 230 g/mol. The molecule has 0 aliphatic rings. The van der Waals surface area contributed by atoms with Gasteiger partial charge in [0, 0.05) is 11.9 Å². The number of benzene rings is 1. The fraction of sp³-hybridized carbons (Fsp3) is 0.182. The van der Waals surface area contributed by atoms with Gasteiger partial charge in [0.15, 0.2) is 5.16 Å². The third-order valence-electron chi connectivity index (χ3n) is 2.18. The van der Waals surface area contributed by atoms with Crippen LogP contribution in [0.3, 0.4) is 0 Å². The Balaban J connectivity index is 2.30. The van der Waals surface area contributed by atoms with Gasteiger partial charge in [0.25, 0.3) is 0 Å². The molecule has 0 bridgehead atoms. The van der Waals surface area contributed by atoms with Crippen molar-refractivity contribution in [2.75, 3.05) is 0 Å². The zero-order valence-electron chi connectivity index (χ0n) is 9.01. The lowest BCUT2D eigenvalue weighted by Crippen LogP contribution is -1.90. The average Bonchev–Trinajstić information content (AvgIpc) is 2.67. The summed E-state index contributed by atoms with van der Waals surface area (Å²) >= 11 is 1.55. The van der Waals surface area contributed by atoms with Gasteiger partial charge >= 0.3 is 0 Å². The van der Waals surface area contributed by atoms with Crippen molar-refractivity contribution in [1.29, 1.82) is 5.26 Å². The van der Waals surface area contributed by atoms with Crippen LogP contribution >= 0.6 is 11.8 Å². The molecule has 5 heteroatoms. The highest BCUT2D eigenvalue weighted by molar-refractivity contribution is 7.99. The molecule has 0 unspecified atom stereocenters. The third kappa shape index (κ3) is 2.07. The molecule has 4 nitrogen and oxygen atoms in total. The standard InChI is InChI=1S/C11H10N4S/c1-8-5-9(6-12)3-4-10(8)16-11-14-13-7-15(11)2/h3-5,7H,1-2H3. The molecule has 0 aliphatic carbocycles. The highest BCUT2D eigenvalue weighted by Gasteiger charge is 2.06. The van der Waals surface area contributed by atoms with Crippen LogP contribution in [0.5, 0.6) is 0 Å². The van der Waals surface area contributed by atoms with Gasteiger partial charge < -0.3 is 4.57 Å². The summed E-state index contributed by atoms with van der Waals surface area (Å²) in [5, 5.41) is 17.4. The van der Waals surface area contributed by atoms with Crippen molar-refractivity contribution in [2.45, 2.75) is 17.0 Å². The fourth-order valence-corrected chi connectivity index (χ4v) is 2.13. The molecule has 0 amide bonds. The first kappa shape index (κ1) is 10.7. The third-order valence-corrected chi connectivity index (χ3v) is 3.41. The maximum atomic E-state index is 8.77. The molecular formula is C11H10N4S. The van der Waals surface area contributed by atoms with Crippen molar-refractivity contribution in [3.63, 3.8) is 0 Å². The van der Waals surface area contributed by atoms with Gasteiger partial charge in [0.1, 0.15) is 6.33 Å². The first-order valence-electron chi connectivity index (χ1n) is 4.73. The molecule has 16 heavy (non-hydrogen) atoms. The fourth-order valence-electron chi connectivity index (χ4n) is 1.30. The predicted molar refractivity (Wildman–Crippen MR) is 61.0 cm³/mol. The second-order valence-corrected chi connectivity index (χ2v) is 4.43. The van der Waals surface area contributed by atoms with E-state index in [2.05, 4.69) is 16.3 Å². The number of aryl methyl sites for hydroxylation is 2. The van der Waals surface area contributed by atoms with Gasteiger partial charge in [-0.25, -0.2) is 0 Å². The molecule has 2 rings (SSSR count). The predicted octanol–water partition coefficient (Wildman–Crippen LogP) is 2.15. The van der Waals surface area contributed by atoms with E-state index in [1.165, 1.54) is 0 Å². The Morgan fingerprint density at radius 2 is 2.25 bits per heavy atom. The number of aromatic nitrogens is 3. The van der Waals surface area contributed by atoms with Crippen molar-refractivity contribution < 1.29 is 0 Å². The van der Waals surface area contributed by atoms with Crippen molar-refractivity contribution in [1.82, 2.24) is 14.8 Å². The molecule has 0 radical (unpaired) electrons. The van der Waals surface area contributed by atoms with E-state index in [1.54, 1.807) is 18.1 Å². The Kier molecular flexibility index (Phi) is 2.93. The van der Waals surface area contributed by atoms with Gasteiger partial charge in [-0.15, -0.1) is 10.2 Å². The Hall–Kier alpha value is -1.80. The molecule has 0 aliphatic heterocycles. The molecule has 0 atom stereocenters. The van der Waals surface area contributed by atoms with Gasteiger partial charge in [-0.3, -0.25) is 0 Å². The van der Waals surface area contributed by atoms with E-state index in [0.717, 1.165) is 15.6 Å². The summed E-state index contributed by atoms with van der Waals surface area (Å²) in [6.45, 7) is 1.99. The van der Waals surface area contributed by atoms with Crippen LogP contribution in [0.2, 0.25) is 0 Å². The Morgan fingerprint density at radius 1 is 1.44 bits per heavy atom. The second kappa shape index (κ2) is 4.37. The Bertz CT molecular complexity index is 553. The first-order chi connectivity index (χ1) is 7.70. The van der Waals surface area contributed by atoms with Crippen molar-refractivity contribution in [3.8, 4) is 6.07 Å². The maximum Gasteiger partial charge on any atom is 0.195 e. The van der Waals surface area contributed by atoms with Crippen LogP contribution < -0.4 is 0 Å². The zero-order valence-corrected chi connectivity index (χ0v) is 9.82. The van der Waals surface area contributed by atoms with E-state index in [4.69, 9.17) is 5.26 Å². The molecule has 1 aromatic heterocycles. The summed E-state index contributed by atoms with van der Waals surface area (Å²) in [6, 6.07) is 7.75. The van der Waals surface area contributed by atoms with Crippen LogP contribution in [0.15, 0.2) is 34.6 Å². The molecule has 1 heterocycles. The summed E-state index contributed by atoms with van der Waals surface area (Å²) in [4.78, 5) is 1.09. The Labute approximate surface area is 97.9 Å². The number of hydrogen-bond acceptors (Lipinski definition) is 4. The van der Waals surface area contributed by atoms with Crippen LogP contribution in [0, 0.1) is 18.3 Å². The summed E-state index contributed by atoms with van der Waals surface area (Å²) in [5.74, 6) is 0. The second-order valence-electron chi connectivity index (χ2n) is 3.42. The molecule has 80 valence electrons. The summed E-state index contributed by atoms with van der Waals surface area (Å²) in [7, 11) is 1.90. The van der Waals surface area contributed by atoms with E-state index in [-0.39, 0.29) is 0 Å². The van der Waals surface area contributed by atoms with Gasteiger partial charge in [-0.1, -0.05) is 0 Å². The van der Waals surface area contributed by atoms with Crippen LogP contribution in [-0.4, -0.2) is 14.8 Å². The molecule has 0 saturated carbocycles. The van der Waals surface area contributed by atoms with E-state index in [1.807, 2.05) is 36.7 Å². The number of rotatable bonds is 2. The monoisotopic (exact) mass is 230 g/mol. The van der Waals surface area contributed by atoms with Crippen molar-refractivity contribution >= 4 is 11.8 Å². The molecule has 2 aromatic rings. The van der Waals surface area contributed by atoms with Crippen LogP contribution in [0.1, 0.15) is 11.1 Å². The van der Waals surface area contributed by atoms with Crippen LogP contribution in [0.4, 0.5) is 0 Å². The smallest absolute Gasteiger partial charge is 0.195 e.